The van der Waals surface area contributed by atoms with Gasteiger partial charge >= 0.3 is 0 Å². The molecule has 1 aromatic rings. The lowest BCUT2D eigenvalue weighted by Crippen LogP contribution is -2.40. The van der Waals surface area contributed by atoms with E-state index in [4.69, 9.17) is 9.47 Å². The first-order valence-electron chi connectivity index (χ1n) is 8.00. The summed E-state index contributed by atoms with van der Waals surface area (Å²) in [5, 5.41) is 0. The Labute approximate surface area is 143 Å². The molecule has 24 heavy (non-hydrogen) atoms. The first kappa shape index (κ1) is 18.7. The molecule has 0 unspecified atom stereocenters. The molecule has 0 saturated carbocycles. The second-order valence-electron chi connectivity index (χ2n) is 5.36. The third kappa shape index (κ3) is 3.71. The van der Waals surface area contributed by atoms with Crippen LogP contribution in [-0.2, 0) is 14.8 Å². The average molecular weight is 356 g/mol. The highest BCUT2D eigenvalue weighted by Crippen LogP contribution is 2.28. The quantitative estimate of drug-likeness (QED) is 0.765. The summed E-state index contributed by atoms with van der Waals surface area (Å²) in [6.07, 6.45) is 0. The molecule has 1 aliphatic heterocycles. The number of carbonyl (C=O) groups excluding carboxylic acids is 1. The molecule has 0 spiro atoms. The molecule has 1 saturated heterocycles. The Morgan fingerprint density at radius 1 is 1.25 bits per heavy atom. The number of nitrogens with zero attached hydrogens (tertiary/aromatic N) is 2. The van der Waals surface area contributed by atoms with E-state index >= 15 is 0 Å². The van der Waals surface area contributed by atoms with Crippen LogP contribution in [0, 0.1) is 0 Å². The highest BCUT2D eigenvalue weighted by atomic mass is 32.2. The van der Waals surface area contributed by atoms with Crippen LogP contribution in [-0.4, -0.2) is 70.0 Å². The summed E-state index contributed by atoms with van der Waals surface area (Å²) >= 11 is 0. The Kier molecular flexibility index (Phi) is 6.20. The summed E-state index contributed by atoms with van der Waals surface area (Å²) in [6, 6.07) is 4.53. The van der Waals surface area contributed by atoms with E-state index in [0.717, 1.165) is 0 Å². The van der Waals surface area contributed by atoms with Gasteiger partial charge in [-0.3, -0.25) is 4.79 Å². The molecular weight excluding hydrogens is 332 g/mol. The van der Waals surface area contributed by atoms with Gasteiger partial charge in [0.1, 0.15) is 10.6 Å². The number of sulfonamides is 1. The second-order valence-corrected chi connectivity index (χ2v) is 7.27. The van der Waals surface area contributed by atoms with Crippen LogP contribution < -0.4 is 4.74 Å². The number of hydrogen-bond donors (Lipinski definition) is 0. The topological polar surface area (TPSA) is 76.2 Å². The van der Waals surface area contributed by atoms with E-state index in [2.05, 4.69) is 0 Å². The van der Waals surface area contributed by atoms with E-state index in [1.165, 1.54) is 23.5 Å². The molecule has 0 aliphatic carbocycles. The molecule has 134 valence electrons. The Morgan fingerprint density at radius 3 is 2.42 bits per heavy atom. The Balaban J connectivity index is 2.44. The average Bonchev–Trinajstić information content (AvgIpc) is 2.62. The van der Waals surface area contributed by atoms with Crippen molar-refractivity contribution in [3.05, 3.63) is 23.8 Å². The molecule has 8 heteroatoms. The molecule has 2 rings (SSSR count). The van der Waals surface area contributed by atoms with Crippen LogP contribution in [0.15, 0.2) is 23.1 Å². The van der Waals surface area contributed by atoms with Crippen LogP contribution in [0.1, 0.15) is 24.2 Å². The Bertz CT molecular complexity index is 680. The van der Waals surface area contributed by atoms with Gasteiger partial charge in [0.15, 0.2) is 0 Å². The highest BCUT2D eigenvalue weighted by Gasteiger charge is 2.30. The molecule has 7 nitrogen and oxygen atoms in total. The predicted molar refractivity (Wildman–Crippen MR) is 89.8 cm³/mol. The van der Waals surface area contributed by atoms with Crippen LogP contribution in [0.3, 0.4) is 0 Å². The number of hydrogen-bond acceptors (Lipinski definition) is 5. The summed E-state index contributed by atoms with van der Waals surface area (Å²) in [5.74, 6) is 0.0404. The first-order chi connectivity index (χ1) is 11.5. The number of methoxy groups -OCH3 is 1. The maximum absolute atomic E-state index is 12.9. The van der Waals surface area contributed by atoms with Crippen molar-refractivity contribution < 1.29 is 22.7 Å². The highest BCUT2D eigenvalue weighted by molar-refractivity contribution is 7.89. The van der Waals surface area contributed by atoms with E-state index in [-0.39, 0.29) is 16.6 Å². The van der Waals surface area contributed by atoms with Crippen molar-refractivity contribution in [2.75, 3.05) is 46.5 Å². The van der Waals surface area contributed by atoms with Gasteiger partial charge < -0.3 is 14.4 Å². The number of morpholine rings is 1. The van der Waals surface area contributed by atoms with Crippen LogP contribution >= 0.6 is 0 Å². The van der Waals surface area contributed by atoms with Crippen molar-refractivity contribution in [3.8, 4) is 5.75 Å². The minimum Gasteiger partial charge on any atom is -0.495 e. The molecule has 1 aliphatic rings. The maximum Gasteiger partial charge on any atom is 0.253 e. The van der Waals surface area contributed by atoms with Gasteiger partial charge in [-0.25, -0.2) is 8.42 Å². The van der Waals surface area contributed by atoms with Gasteiger partial charge in [-0.05, 0) is 32.0 Å². The molecule has 1 fully saturated rings. The lowest BCUT2D eigenvalue weighted by molar-refractivity contribution is 0.0729. The summed E-state index contributed by atoms with van der Waals surface area (Å²) in [7, 11) is -2.33. The number of amides is 1. The normalized spacial score (nSPS) is 16.0. The zero-order valence-electron chi connectivity index (χ0n) is 14.3. The minimum atomic E-state index is -3.74. The van der Waals surface area contributed by atoms with Crippen LogP contribution in [0.25, 0.3) is 0 Å². The molecule has 0 bridgehead atoms. The van der Waals surface area contributed by atoms with E-state index in [9.17, 15) is 13.2 Å². The smallest absolute Gasteiger partial charge is 0.253 e. The van der Waals surface area contributed by atoms with Crippen molar-refractivity contribution in [2.45, 2.75) is 18.7 Å². The SMILES string of the molecule is CCN(CC)C(=O)c1ccc(OC)c(S(=O)(=O)N2CCOCC2)c1. The third-order valence-corrected chi connectivity index (χ3v) is 5.97. The van der Waals surface area contributed by atoms with E-state index in [0.29, 0.717) is 45.0 Å². The largest absolute Gasteiger partial charge is 0.495 e. The molecule has 1 amide bonds. The number of carbonyl (C=O) groups is 1. The molecular formula is C16H24N2O5S. The van der Waals surface area contributed by atoms with Crippen LogP contribution in [0.4, 0.5) is 0 Å². The van der Waals surface area contributed by atoms with Gasteiger partial charge in [0.05, 0.1) is 20.3 Å². The van der Waals surface area contributed by atoms with Crippen LogP contribution in [0.5, 0.6) is 5.75 Å². The fraction of sp³-hybridized carbons (Fsp3) is 0.562. The summed E-state index contributed by atoms with van der Waals surface area (Å²) in [5.41, 5.74) is 0.339. The molecule has 0 N–H and O–H groups in total. The standard InChI is InChI=1S/C16H24N2O5S/c1-4-17(5-2)16(19)13-6-7-14(22-3)15(12-13)24(20,21)18-8-10-23-11-9-18/h6-7,12H,4-5,8-11H2,1-3H3. The van der Waals surface area contributed by atoms with Gasteiger partial charge in [0.2, 0.25) is 10.0 Å². The zero-order valence-corrected chi connectivity index (χ0v) is 15.1. The predicted octanol–water partition coefficient (Wildman–Crippen LogP) is 1.20. The van der Waals surface area contributed by atoms with E-state index in [1.54, 1.807) is 11.0 Å². The summed E-state index contributed by atoms with van der Waals surface area (Å²) < 4.78 is 37.6. The lowest BCUT2D eigenvalue weighted by atomic mass is 10.2. The molecule has 0 atom stereocenters. The molecule has 0 radical (unpaired) electrons. The van der Waals surface area contributed by atoms with Gasteiger partial charge in [0.25, 0.3) is 5.91 Å². The zero-order chi connectivity index (χ0) is 17.7. The van der Waals surface area contributed by atoms with Crippen molar-refractivity contribution in [2.24, 2.45) is 0 Å². The molecule has 1 heterocycles. The third-order valence-electron chi connectivity index (χ3n) is 4.05. The van der Waals surface area contributed by atoms with Crippen molar-refractivity contribution in [1.29, 1.82) is 0 Å². The van der Waals surface area contributed by atoms with E-state index < -0.39 is 10.0 Å². The van der Waals surface area contributed by atoms with Gasteiger partial charge in [-0.1, -0.05) is 0 Å². The van der Waals surface area contributed by atoms with Gasteiger partial charge in [0, 0.05) is 31.7 Å². The monoisotopic (exact) mass is 356 g/mol. The lowest BCUT2D eigenvalue weighted by Gasteiger charge is -2.27. The van der Waals surface area contributed by atoms with E-state index in [1.807, 2.05) is 13.8 Å². The van der Waals surface area contributed by atoms with Crippen molar-refractivity contribution >= 4 is 15.9 Å². The summed E-state index contributed by atoms with van der Waals surface area (Å²) in [4.78, 5) is 14.2. The Morgan fingerprint density at radius 2 is 1.88 bits per heavy atom. The minimum absolute atomic E-state index is 0.0184. The van der Waals surface area contributed by atoms with Crippen molar-refractivity contribution in [1.82, 2.24) is 9.21 Å². The molecule has 0 aromatic heterocycles. The second kappa shape index (κ2) is 7.96. The van der Waals surface area contributed by atoms with Crippen LogP contribution in [0.2, 0.25) is 0 Å². The van der Waals surface area contributed by atoms with Gasteiger partial charge in [-0.2, -0.15) is 4.31 Å². The fourth-order valence-electron chi connectivity index (χ4n) is 2.63. The first-order valence-corrected chi connectivity index (χ1v) is 9.44. The number of ether oxygens (including phenoxy) is 2. The van der Waals surface area contributed by atoms with Gasteiger partial charge in [-0.15, -0.1) is 0 Å². The Hall–Kier alpha value is -1.64. The fourth-order valence-corrected chi connectivity index (χ4v) is 4.22. The van der Waals surface area contributed by atoms with Crippen molar-refractivity contribution in [3.63, 3.8) is 0 Å². The summed E-state index contributed by atoms with van der Waals surface area (Å²) in [6.45, 7) is 6.20. The number of benzene rings is 1. The molecule has 1 aromatic carbocycles. The maximum atomic E-state index is 12.9. The number of rotatable bonds is 6.